The third-order valence-corrected chi connectivity index (χ3v) is 1.93. The second-order valence-corrected chi connectivity index (χ2v) is 3.00. The summed E-state index contributed by atoms with van der Waals surface area (Å²) in [5.74, 6) is 0.404. The van der Waals surface area contributed by atoms with Crippen molar-refractivity contribution in [2.24, 2.45) is 0 Å². The maximum absolute atomic E-state index is 3.98. The van der Waals surface area contributed by atoms with Gasteiger partial charge in [-0.2, -0.15) is 0 Å². The first kappa shape index (κ1) is 8.32. The predicted octanol–water partition coefficient (Wildman–Crippen LogP) is 3.19. The van der Waals surface area contributed by atoms with Crippen LogP contribution < -0.4 is 0 Å². The van der Waals surface area contributed by atoms with E-state index in [0.717, 1.165) is 6.42 Å². The summed E-state index contributed by atoms with van der Waals surface area (Å²) in [4.78, 5) is 0. The SMILES string of the molecule is [CH2]C(C)c1cccc(CC)c1. The number of hydrogen-bond donors (Lipinski definition) is 0. The van der Waals surface area contributed by atoms with E-state index in [4.69, 9.17) is 0 Å². The van der Waals surface area contributed by atoms with Crippen LogP contribution in [0.2, 0.25) is 0 Å². The van der Waals surface area contributed by atoms with E-state index in [0.29, 0.717) is 5.92 Å². The van der Waals surface area contributed by atoms with E-state index < -0.39 is 0 Å². The van der Waals surface area contributed by atoms with Crippen molar-refractivity contribution in [3.63, 3.8) is 0 Å². The molecule has 0 fully saturated rings. The molecule has 0 heterocycles. The summed E-state index contributed by atoms with van der Waals surface area (Å²) < 4.78 is 0. The molecule has 1 atom stereocenters. The van der Waals surface area contributed by atoms with Crippen molar-refractivity contribution >= 4 is 0 Å². The molecule has 1 aromatic carbocycles. The van der Waals surface area contributed by atoms with Gasteiger partial charge in [-0.05, 0) is 30.4 Å². The molecule has 1 rings (SSSR count). The van der Waals surface area contributed by atoms with Crippen LogP contribution in [0, 0.1) is 6.92 Å². The molecule has 11 heavy (non-hydrogen) atoms. The molecule has 0 aromatic heterocycles. The Morgan fingerprint density at radius 3 is 2.73 bits per heavy atom. The van der Waals surface area contributed by atoms with Gasteiger partial charge < -0.3 is 0 Å². The third kappa shape index (κ3) is 2.07. The fourth-order valence-electron chi connectivity index (χ4n) is 1.12. The van der Waals surface area contributed by atoms with E-state index in [2.05, 4.69) is 45.0 Å². The van der Waals surface area contributed by atoms with Gasteiger partial charge in [-0.15, -0.1) is 0 Å². The third-order valence-electron chi connectivity index (χ3n) is 1.93. The van der Waals surface area contributed by atoms with Crippen LogP contribution in [0.3, 0.4) is 0 Å². The first-order valence-corrected chi connectivity index (χ1v) is 4.16. The van der Waals surface area contributed by atoms with Crippen LogP contribution in [0.4, 0.5) is 0 Å². The molecule has 1 unspecified atom stereocenters. The zero-order chi connectivity index (χ0) is 8.27. The zero-order valence-corrected chi connectivity index (χ0v) is 7.30. The van der Waals surface area contributed by atoms with E-state index in [9.17, 15) is 0 Å². The van der Waals surface area contributed by atoms with Gasteiger partial charge in [0.2, 0.25) is 0 Å². The molecule has 0 aliphatic heterocycles. The smallest absolute Gasteiger partial charge is 0.0190 e. The summed E-state index contributed by atoms with van der Waals surface area (Å²) in [5, 5.41) is 0. The first-order chi connectivity index (χ1) is 5.24. The van der Waals surface area contributed by atoms with Crippen molar-refractivity contribution in [1.82, 2.24) is 0 Å². The molecule has 59 valence electrons. The minimum absolute atomic E-state index is 0.404. The van der Waals surface area contributed by atoms with Gasteiger partial charge in [0.25, 0.3) is 0 Å². The highest BCUT2D eigenvalue weighted by Gasteiger charge is 1.97. The molecule has 0 aliphatic rings. The standard InChI is InChI=1S/C11H15/c1-4-10-6-5-7-11(8-10)9(2)3/h5-9H,2,4H2,1,3H3. The fourth-order valence-corrected chi connectivity index (χ4v) is 1.12. The molecule has 0 aliphatic carbocycles. The first-order valence-electron chi connectivity index (χ1n) is 4.16. The summed E-state index contributed by atoms with van der Waals surface area (Å²) >= 11 is 0. The largest absolute Gasteiger partial charge is 0.0617 e. The Kier molecular flexibility index (Phi) is 2.70. The van der Waals surface area contributed by atoms with Crippen LogP contribution in [-0.4, -0.2) is 0 Å². The molecule has 0 amide bonds. The average Bonchev–Trinajstić information content (AvgIpc) is 2.05. The van der Waals surface area contributed by atoms with Crippen LogP contribution in [0.25, 0.3) is 0 Å². The molecule has 0 saturated heterocycles. The molecule has 0 bridgehead atoms. The number of rotatable bonds is 2. The Bertz CT molecular complexity index is 223. The molecule has 1 radical (unpaired) electrons. The molecule has 0 N–H and O–H groups in total. The normalized spacial score (nSPS) is 10.5. The highest BCUT2D eigenvalue weighted by atomic mass is 14.0. The molecule has 1 aromatic rings. The van der Waals surface area contributed by atoms with Crippen LogP contribution in [-0.2, 0) is 6.42 Å². The van der Waals surface area contributed by atoms with Crippen molar-refractivity contribution in [2.75, 3.05) is 0 Å². The van der Waals surface area contributed by atoms with E-state index in [-0.39, 0.29) is 0 Å². The van der Waals surface area contributed by atoms with Crippen molar-refractivity contribution < 1.29 is 0 Å². The van der Waals surface area contributed by atoms with Crippen LogP contribution in [0.5, 0.6) is 0 Å². The molecule has 0 nitrogen and oxygen atoms in total. The Morgan fingerprint density at radius 1 is 1.45 bits per heavy atom. The number of benzene rings is 1. The Labute approximate surface area is 69.3 Å². The van der Waals surface area contributed by atoms with Gasteiger partial charge in [0, 0.05) is 0 Å². The Balaban J connectivity index is 2.91. The van der Waals surface area contributed by atoms with Gasteiger partial charge in [-0.3, -0.25) is 0 Å². The summed E-state index contributed by atoms with van der Waals surface area (Å²) in [6, 6.07) is 8.64. The second kappa shape index (κ2) is 3.56. The second-order valence-electron chi connectivity index (χ2n) is 3.00. The summed E-state index contributed by atoms with van der Waals surface area (Å²) in [7, 11) is 0. The summed E-state index contributed by atoms with van der Waals surface area (Å²) in [6.45, 7) is 8.28. The lowest BCUT2D eigenvalue weighted by Crippen LogP contribution is -1.88. The van der Waals surface area contributed by atoms with E-state index >= 15 is 0 Å². The highest BCUT2D eigenvalue weighted by molar-refractivity contribution is 5.26. The molecular weight excluding hydrogens is 132 g/mol. The lowest BCUT2D eigenvalue weighted by Gasteiger charge is -2.05. The number of hydrogen-bond acceptors (Lipinski definition) is 0. The molecular formula is C11H15. The summed E-state index contributed by atoms with van der Waals surface area (Å²) in [5.41, 5.74) is 2.74. The quantitative estimate of drug-likeness (QED) is 0.602. The Hall–Kier alpha value is -0.780. The maximum atomic E-state index is 3.98. The van der Waals surface area contributed by atoms with Gasteiger partial charge in [0.05, 0.1) is 0 Å². The minimum atomic E-state index is 0.404. The minimum Gasteiger partial charge on any atom is -0.0617 e. The zero-order valence-electron chi connectivity index (χ0n) is 7.30. The van der Waals surface area contributed by atoms with Crippen molar-refractivity contribution in [3.8, 4) is 0 Å². The lowest BCUT2D eigenvalue weighted by molar-refractivity contribution is 0.955. The van der Waals surface area contributed by atoms with Crippen molar-refractivity contribution in [1.29, 1.82) is 0 Å². The van der Waals surface area contributed by atoms with Gasteiger partial charge in [-0.25, -0.2) is 0 Å². The fraction of sp³-hybridized carbons (Fsp3) is 0.364. The average molecular weight is 147 g/mol. The maximum Gasteiger partial charge on any atom is -0.0190 e. The van der Waals surface area contributed by atoms with Crippen molar-refractivity contribution in [2.45, 2.75) is 26.2 Å². The molecule has 0 saturated carbocycles. The van der Waals surface area contributed by atoms with Gasteiger partial charge in [-0.1, -0.05) is 38.1 Å². The monoisotopic (exact) mass is 147 g/mol. The van der Waals surface area contributed by atoms with Gasteiger partial charge >= 0.3 is 0 Å². The van der Waals surface area contributed by atoms with Crippen LogP contribution >= 0.6 is 0 Å². The molecule has 0 spiro atoms. The van der Waals surface area contributed by atoms with Gasteiger partial charge in [0.15, 0.2) is 0 Å². The van der Waals surface area contributed by atoms with E-state index in [1.54, 1.807) is 0 Å². The summed E-state index contributed by atoms with van der Waals surface area (Å²) in [6.07, 6.45) is 1.11. The lowest BCUT2D eigenvalue weighted by atomic mass is 10.0. The number of aryl methyl sites for hydroxylation is 1. The van der Waals surface area contributed by atoms with E-state index in [1.807, 2.05) is 0 Å². The van der Waals surface area contributed by atoms with Crippen LogP contribution in [0.1, 0.15) is 30.9 Å². The van der Waals surface area contributed by atoms with Gasteiger partial charge in [0.1, 0.15) is 0 Å². The molecule has 0 heteroatoms. The highest BCUT2D eigenvalue weighted by Crippen LogP contribution is 2.15. The topological polar surface area (TPSA) is 0 Å². The Morgan fingerprint density at radius 2 is 2.18 bits per heavy atom. The van der Waals surface area contributed by atoms with Crippen LogP contribution in [0.15, 0.2) is 24.3 Å². The van der Waals surface area contributed by atoms with Crippen molar-refractivity contribution in [3.05, 3.63) is 42.3 Å². The predicted molar refractivity (Wildman–Crippen MR) is 49.6 cm³/mol. The van der Waals surface area contributed by atoms with E-state index in [1.165, 1.54) is 11.1 Å².